The number of terminal acetylenes is 1. The standard InChI is InChI=1S/C27H39ClN4O6/c1-3-5-6-7-8-9-10-11-12-13-16-36-26(34)37-19-35-18-27(4-2)21(33)17-22(38-27)32-15-14-20-23(29)30-25(28)31-24(20)32/h2,14-15,21-22,33H,3,5-13,16-19H2,1H3,(H2,29,30,31)/t21-,22+,27+/m0/s1. The Bertz CT molecular complexity index is 1070. The molecule has 0 saturated carbocycles. The first-order valence-electron chi connectivity index (χ1n) is 13.4. The predicted octanol–water partition coefficient (Wildman–Crippen LogP) is 5.37. The number of nitrogens with two attached hydrogens (primary N) is 1. The molecule has 1 aliphatic heterocycles. The van der Waals surface area contributed by atoms with E-state index in [1.807, 2.05) is 0 Å². The van der Waals surface area contributed by atoms with E-state index in [2.05, 4.69) is 22.8 Å². The second-order valence-corrected chi connectivity index (χ2v) is 9.93. The van der Waals surface area contributed by atoms with Crippen LogP contribution in [-0.2, 0) is 18.9 Å². The summed E-state index contributed by atoms with van der Waals surface area (Å²) < 4.78 is 23.2. The largest absolute Gasteiger partial charge is 0.510 e. The third-order valence-corrected chi connectivity index (χ3v) is 6.90. The lowest BCUT2D eigenvalue weighted by Gasteiger charge is -2.26. The Morgan fingerprint density at radius 3 is 2.58 bits per heavy atom. The number of aliphatic hydroxyl groups is 1. The van der Waals surface area contributed by atoms with Crippen LogP contribution in [0, 0.1) is 12.3 Å². The smallest absolute Gasteiger partial charge is 0.434 e. The molecule has 3 atom stereocenters. The second kappa shape index (κ2) is 15.1. The normalized spacial score (nSPS) is 21.0. The van der Waals surface area contributed by atoms with E-state index in [0.29, 0.717) is 17.6 Å². The minimum Gasteiger partial charge on any atom is -0.434 e. The molecule has 3 rings (SSSR count). The number of aromatic nitrogens is 3. The van der Waals surface area contributed by atoms with Crippen molar-refractivity contribution in [1.29, 1.82) is 0 Å². The molecule has 0 amide bonds. The van der Waals surface area contributed by atoms with E-state index in [9.17, 15) is 9.90 Å². The number of ether oxygens (including phenoxy) is 4. The first-order valence-corrected chi connectivity index (χ1v) is 13.8. The van der Waals surface area contributed by atoms with Gasteiger partial charge in [-0.1, -0.05) is 70.6 Å². The Kier molecular flexibility index (Phi) is 11.9. The molecule has 0 aliphatic carbocycles. The molecule has 10 nitrogen and oxygen atoms in total. The topological polar surface area (TPSA) is 131 Å². The highest BCUT2D eigenvalue weighted by atomic mass is 35.5. The van der Waals surface area contributed by atoms with Crippen molar-refractivity contribution in [2.45, 2.75) is 95.5 Å². The number of nitrogen functional groups attached to an aromatic ring is 1. The fourth-order valence-corrected chi connectivity index (χ4v) is 4.73. The molecule has 3 N–H and O–H groups in total. The molecular formula is C27H39ClN4O6. The Balaban J connectivity index is 1.33. The highest BCUT2D eigenvalue weighted by Crippen LogP contribution is 2.39. The summed E-state index contributed by atoms with van der Waals surface area (Å²) in [5.41, 5.74) is 4.94. The van der Waals surface area contributed by atoms with E-state index >= 15 is 0 Å². The first kappa shape index (κ1) is 30.0. The molecule has 0 bridgehead atoms. The van der Waals surface area contributed by atoms with E-state index in [-0.39, 0.29) is 30.9 Å². The van der Waals surface area contributed by atoms with Crippen LogP contribution >= 0.6 is 11.6 Å². The lowest BCUT2D eigenvalue weighted by molar-refractivity contribution is -0.132. The molecule has 210 valence electrons. The third-order valence-electron chi connectivity index (χ3n) is 6.73. The Morgan fingerprint density at radius 1 is 1.21 bits per heavy atom. The predicted molar refractivity (Wildman–Crippen MR) is 144 cm³/mol. The molecule has 0 aromatic carbocycles. The van der Waals surface area contributed by atoms with Crippen LogP contribution in [0.4, 0.5) is 10.6 Å². The van der Waals surface area contributed by atoms with Crippen LogP contribution in [0.15, 0.2) is 12.3 Å². The van der Waals surface area contributed by atoms with E-state index in [4.69, 9.17) is 42.7 Å². The van der Waals surface area contributed by atoms with Gasteiger partial charge in [0.2, 0.25) is 5.28 Å². The van der Waals surface area contributed by atoms with Crippen LogP contribution < -0.4 is 5.73 Å². The van der Waals surface area contributed by atoms with Crippen molar-refractivity contribution in [3.8, 4) is 12.3 Å². The van der Waals surface area contributed by atoms with Gasteiger partial charge in [-0.25, -0.2) is 9.78 Å². The summed E-state index contributed by atoms with van der Waals surface area (Å²) in [5.74, 6) is 2.72. The Labute approximate surface area is 229 Å². The summed E-state index contributed by atoms with van der Waals surface area (Å²) in [5, 5.41) is 11.3. The van der Waals surface area contributed by atoms with E-state index in [1.54, 1.807) is 16.8 Å². The van der Waals surface area contributed by atoms with Crippen LogP contribution in [0.3, 0.4) is 0 Å². The van der Waals surface area contributed by atoms with Gasteiger partial charge in [-0.05, 0) is 24.1 Å². The van der Waals surface area contributed by atoms with E-state index in [1.165, 1.54) is 44.9 Å². The van der Waals surface area contributed by atoms with Gasteiger partial charge in [0.05, 0.1) is 18.6 Å². The van der Waals surface area contributed by atoms with Gasteiger partial charge in [0.25, 0.3) is 0 Å². The minimum atomic E-state index is -1.44. The lowest BCUT2D eigenvalue weighted by atomic mass is 9.99. The highest BCUT2D eigenvalue weighted by molar-refractivity contribution is 6.28. The summed E-state index contributed by atoms with van der Waals surface area (Å²) >= 11 is 5.96. The molecule has 1 aliphatic rings. The first-order chi connectivity index (χ1) is 18.4. The number of carbonyl (C=O) groups excluding carboxylic acids is 1. The number of rotatable bonds is 16. The van der Waals surface area contributed by atoms with Crippen molar-refractivity contribution in [1.82, 2.24) is 14.5 Å². The van der Waals surface area contributed by atoms with E-state index in [0.717, 1.165) is 19.3 Å². The maximum absolute atomic E-state index is 11.8. The highest BCUT2D eigenvalue weighted by Gasteiger charge is 2.48. The lowest BCUT2D eigenvalue weighted by Crippen LogP contribution is -2.42. The molecule has 38 heavy (non-hydrogen) atoms. The Hall–Kier alpha value is -2.58. The Morgan fingerprint density at radius 2 is 1.89 bits per heavy atom. The summed E-state index contributed by atoms with van der Waals surface area (Å²) in [6, 6.07) is 1.73. The van der Waals surface area contributed by atoms with Crippen LogP contribution in [-0.4, -0.2) is 57.5 Å². The monoisotopic (exact) mass is 550 g/mol. The fourth-order valence-electron chi connectivity index (χ4n) is 4.55. The molecule has 0 spiro atoms. The molecule has 3 heterocycles. The quantitative estimate of drug-likeness (QED) is 0.0930. The number of hydrogen-bond donors (Lipinski definition) is 2. The summed E-state index contributed by atoms with van der Waals surface area (Å²) in [4.78, 5) is 20.0. The molecular weight excluding hydrogens is 512 g/mol. The van der Waals surface area contributed by atoms with Gasteiger partial charge in [0, 0.05) is 12.6 Å². The molecule has 0 radical (unpaired) electrons. The van der Waals surface area contributed by atoms with E-state index < -0.39 is 24.1 Å². The van der Waals surface area contributed by atoms with Gasteiger partial charge in [-0.2, -0.15) is 4.98 Å². The number of nitrogens with zero attached hydrogens (tertiary/aromatic N) is 3. The number of anilines is 1. The fraction of sp³-hybridized carbons (Fsp3) is 0.667. The second-order valence-electron chi connectivity index (χ2n) is 9.59. The van der Waals surface area contributed by atoms with Crippen LogP contribution in [0.2, 0.25) is 5.28 Å². The zero-order valence-electron chi connectivity index (χ0n) is 22.1. The number of hydrogen-bond acceptors (Lipinski definition) is 9. The maximum Gasteiger partial charge on any atom is 0.510 e. The summed E-state index contributed by atoms with van der Waals surface area (Å²) in [6.07, 6.45) is 17.1. The van der Waals surface area contributed by atoms with Gasteiger partial charge >= 0.3 is 6.16 Å². The summed E-state index contributed by atoms with van der Waals surface area (Å²) in [6.45, 7) is 1.95. The van der Waals surface area contributed by atoms with Crippen LogP contribution in [0.5, 0.6) is 0 Å². The van der Waals surface area contributed by atoms with Gasteiger partial charge in [0.1, 0.15) is 23.8 Å². The van der Waals surface area contributed by atoms with Gasteiger partial charge in [0.15, 0.2) is 12.4 Å². The molecule has 0 unspecified atom stereocenters. The van der Waals surface area contributed by atoms with Crippen LogP contribution in [0.1, 0.15) is 83.8 Å². The number of halogens is 1. The van der Waals surface area contributed by atoms with Crippen molar-refractivity contribution in [3.05, 3.63) is 17.5 Å². The number of aliphatic hydroxyl groups excluding tert-OH is 1. The summed E-state index contributed by atoms with van der Waals surface area (Å²) in [7, 11) is 0. The van der Waals surface area contributed by atoms with Crippen molar-refractivity contribution in [3.63, 3.8) is 0 Å². The van der Waals surface area contributed by atoms with Gasteiger partial charge < -0.3 is 34.4 Å². The molecule has 2 aromatic heterocycles. The van der Waals surface area contributed by atoms with Crippen molar-refractivity contribution >= 4 is 34.6 Å². The zero-order chi connectivity index (χ0) is 27.4. The van der Waals surface area contributed by atoms with Gasteiger partial charge in [-0.3, -0.25) is 0 Å². The van der Waals surface area contributed by atoms with Crippen molar-refractivity contribution < 1.29 is 28.8 Å². The number of carbonyl (C=O) groups is 1. The SMILES string of the molecule is C#C[C@]1(COCOC(=O)OCCCCCCCCCCCC)O[C@@H](n2ccc3c(N)nc(Cl)nc32)C[C@@H]1O. The average Bonchev–Trinajstić information content (AvgIpc) is 3.46. The third kappa shape index (κ3) is 8.21. The van der Waals surface area contributed by atoms with Crippen molar-refractivity contribution in [2.24, 2.45) is 0 Å². The minimum absolute atomic E-state index is 0.00255. The number of fused-ring (bicyclic) bond motifs is 1. The van der Waals surface area contributed by atoms with Crippen LogP contribution in [0.25, 0.3) is 11.0 Å². The van der Waals surface area contributed by atoms with Crippen molar-refractivity contribution in [2.75, 3.05) is 25.7 Å². The van der Waals surface area contributed by atoms with Gasteiger partial charge in [-0.15, -0.1) is 6.42 Å². The molecule has 2 aromatic rings. The molecule has 11 heteroatoms. The average molecular weight is 551 g/mol. The maximum atomic E-state index is 11.8. The zero-order valence-corrected chi connectivity index (χ0v) is 22.8. The molecule has 1 saturated heterocycles. The molecule has 1 fully saturated rings. The number of unbranched alkanes of at least 4 members (excludes halogenated alkanes) is 9.